The Balaban J connectivity index is 1.69. The van der Waals surface area contributed by atoms with Crippen LogP contribution in [0.4, 0.5) is 0 Å². The van der Waals surface area contributed by atoms with Gasteiger partial charge in [0.25, 0.3) is 5.22 Å². The molecule has 1 aromatic heterocycles. The summed E-state index contributed by atoms with van der Waals surface area (Å²) in [7, 11) is 3.13. The minimum Gasteiger partial charge on any atom is -0.493 e. The fourth-order valence-corrected chi connectivity index (χ4v) is 2.85. The van der Waals surface area contributed by atoms with E-state index in [0.717, 1.165) is 0 Å². The number of nitrogens with zero attached hydrogens (tertiary/aromatic N) is 2. The van der Waals surface area contributed by atoms with Crippen LogP contribution < -0.4 is 9.47 Å². The summed E-state index contributed by atoms with van der Waals surface area (Å²) in [6.07, 6.45) is 0. The van der Waals surface area contributed by atoms with Crippen LogP contribution in [-0.4, -0.2) is 36.0 Å². The first-order valence-electron chi connectivity index (χ1n) is 7.48. The van der Waals surface area contributed by atoms with Crippen molar-refractivity contribution in [1.29, 1.82) is 0 Å². The first kappa shape index (κ1) is 17.0. The molecular weight excluding hydrogens is 340 g/mol. The molecule has 7 heteroatoms. The fraction of sp³-hybridized carbons (Fsp3) is 0.167. The smallest absolute Gasteiger partial charge is 0.277 e. The van der Waals surface area contributed by atoms with Gasteiger partial charge in [-0.1, -0.05) is 42.1 Å². The summed E-state index contributed by atoms with van der Waals surface area (Å²) in [5.74, 6) is 1.80. The van der Waals surface area contributed by atoms with E-state index in [0.29, 0.717) is 33.7 Å². The summed E-state index contributed by atoms with van der Waals surface area (Å²) in [4.78, 5) is 12.1. The van der Waals surface area contributed by atoms with Gasteiger partial charge in [-0.15, -0.1) is 10.2 Å². The van der Waals surface area contributed by atoms with Crippen LogP contribution in [0.3, 0.4) is 0 Å². The van der Waals surface area contributed by atoms with Gasteiger partial charge in [-0.3, -0.25) is 4.79 Å². The summed E-state index contributed by atoms with van der Waals surface area (Å²) in [5, 5.41) is 8.34. The number of hydrogen-bond donors (Lipinski definition) is 0. The molecule has 0 fully saturated rings. The Morgan fingerprint density at radius 2 is 1.80 bits per heavy atom. The highest BCUT2D eigenvalue weighted by atomic mass is 32.2. The summed E-state index contributed by atoms with van der Waals surface area (Å²) >= 11 is 1.21. The Bertz CT molecular complexity index is 865. The van der Waals surface area contributed by atoms with Crippen LogP contribution in [-0.2, 0) is 0 Å². The van der Waals surface area contributed by atoms with E-state index in [1.54, 1.807) is 44.6 Å². The number of ketones is 1. The molecule has 3 rings (SSSR count). The van der Waals surface area contributed by atoms with Crippen molar-refractivity contribution in [3.8, 4) is 23.0 Å². The van der Waals surface area contributed by atoms with Gasteiger partial charge in [0.15, 0.2) is 17.3 Å². The molecule has 0 bridgehead atoms. The van der Waals surface area contributed by atoms with E-state index in [1.807, 2.05) is 18.2 Å². The van der Waals surface area contributed by atoms with Crippen molar-refractivity contribution in [3.63, 3.8) is 0 Å². The maximum atomic E-state index is 12.1. The predicted octanol–water partition coefficient (Wildman–Crippen LogP) is 3.73. The van der Waals surface area contributed by atoms with E-state index in [-0.39, 0.29) is 11.5 Å². The van der Waals surface area contributed by atoms with Crippen LogP contribution in [0.25, 0.3) is 11.5 Å². The molecule has 3 aromatic rings. The van der Waals surface area contributed by atoms with E-state index < -0.39 is 0 Å². The molecule has 25 heavy (non-hydrogen) atoms. The van der Waals surface area contributed by atoms with Gasteiger partial charge in [0, 0.05) is 11.1 Å². The second-order valence-electron chi connectivity index (χ2n) is 5.02. The van der Waals surface area contributed by atoms with Gasteiger partial charge in [0.2, 0.25) is 5.89 Å². The number of methoxy groups -OCH3 is 2. The lowest BCUT2D eigenvalue weighted by atomic mass is 10.2. The molecule has 128 valence electrons. The van der Waals surface area contributed by atoms with Crippen molar-refractivity contribution in [2.24, 2.45) is 0 Å². The topological polar surface area (TPSA) is 74.5 Å². The van der Waals surface area contributed by atoms with Crippen molar-refractivity contribution in [1.82, 2.24) is 10.2 Å². The summed E-state index contributed by atoms with van der Waals surface area (Å²) < 4.78 is 16.1. The predicted molar refractivity (Wildman–Crippen MR) is 94.3 cm³/mol. The quantitative estimate of drug-likeness (QED) is 0.472. The number of rotatable bonds is 7. The van der Waals surface area contributed by atoms with Crippen LogP contribution >= 0.6 is 11.8 Å². The fourth-order valence-electron chi connectivity index (χ4n) is 2.19. The molecule has 0 N–H and O–H groups in total. The maximum Gasteiger partial charge on any atom is 0.277 e. The average Bonchev–Trinajstić information content (AvgIpc) is 3.15. The zero-order valence-corrected chi connectivity index (χ0v) is 14.6. The third-order valence-corrected chi connectivity index (χ3v) is 4.28. The SMILES string of the molecule is COc1ccc(-c2nnc(SCC(=O)c3ccccc3)o2)cc1OC. The minimum absolute atomic E-state index is 0.0106. The van der Waals surface area contributed by atoms with Crippen LogP contribution in [0.1, 0.15) is 10.4 Å². The number of hydrogen-bond acceptors (Lipinski definition) is 7. The molecule has 0 aliphatic heterocycles. The summed E-state index contributed by atoms with van der Waals surface area (Å²) in [5.41, 5.74) is 1.38. The number of thioether (sulfide) groups is 1. The van der Waals surface area contributed by atoms with Crippen LogP contribution in [0.2, 0.25) is 0 Å². The maximum absolute atomic E-state index is 12.1. The zero-order valence-electron chi connectivity index (χ0n) is 13.8. The van der Waals surface area contributed by atoms with Crippen LogP contribution in [0, 0.1) is 0 Å². The standard InChI is InChI=1S/C18H16N2O4S/c1-22-15-9-8-13(10-16(15)23-2)17-19-20-18(24-17)25-11-14(21)12-6-4-3-5-7-12/h3-10H,11H2,1-2H3. The largest absolute Gasteiger partial charge is 0.493 e. The van der Waals surface area contributed by atoms with Gasteiger partial charge in [-0.05, 0) is 18.2 Å². The lowest BCUT2D eigenvalue weighted by molar-refractivity contribution is 0.102. The van der Waals surface area contributed by atoms with Gasteiger partial charge in [0.05, 0.1) is 20.0 Å². The molecule has 0 saturated carbocycles. The van der Waals surface area contributed by atoms with E-state index in [9.17, 15) is 4.79 Å². The third kappa shape index (κ3) is 4.00. The highest BCUT2D eigenvalue weighted by Crippen LogP contribution is 2.32. The number of Topliss-reactive ketones (excluding diaryl/α,β-unsaturated/α-hetero) is 1. The van der Waals surface area contributed by atoms with Gasteiger partial charge in [-0.25, -0.2) is 0 Å². The van der Waals surface area contributed by atoms with Crippen molar-refractivity contribution in [2.75, 3.05) is 20.0 Å². The van der Waals surface area contributed by atoms with Gasteiger partial charge in [-0.2, -0.15) is 0 Å². The van der Waals surface area contributed by atoms with E-state index >= 15 is 0 Å². The Hall–Kier alpha value is -2.80. The molecule has 2 aromatic carbocycles. The van der Waals surface area contributed by atoms with Crippen molar-refractivity contribution >= 4 is 17.5 Å². The Kier molecular flexibility index (Phi) is 5.35. The average molecular weight is 356 g/mol. The molecule has 0 saturated heterocycles. The first-order valence-corrected chi connectivity index (χ1v) is 8.46. The number of ether oxygens (including phenoxy) is 2. The highest BCUT2D eigenvalue weighted by molar-refractivity contribution is 7.99. The molecular formula is C18H16N2O4S. The molecule has 6 nitrogen and oxygen atoms in total. The van der Waals surface area contributed by atoms with Crippen LogP contribution in [0.15, 0.2) is 58.2 Å². The first-order chi connectivity index (χ1) is 12.2. The van der Waals surface area contributed by atoms with Crippen LogP contribution in [0.5, 0.6) is 11.5 Å². The second-order valence-corrected chi connectivity index (χ2v) is 5.95. The lowest BCUT2D eigenvalue weighted by Gasteiger charge is -2.07. The second kappa shape index (κ2) is 7.85. The highest BCUT2D eigenvalue weighted by Gasteiger charge is 2.14. The molecule has 0 atom stereocenters. The monoisotopic (exact) mass is 356 g/mol. The van der Waals surface area contributed by atoms with E-state index in [1.165, 1.54) is 11.8 Å². The number of aromatic nitrogens is 2. The third-order valence-electron chi connectivity index (χ3n) is 3.46. The minimum atomic E-state index is 0.0106. The number of benzene rings is 2. The molecule has 0 radical (unpaired) electrons. The lowest BCUT2D eigenvalue weighted by Crippen LogP contribution is -2.01. The molecule has 0 aliphatic rings. The molecule has 0 amide bonds. The molecule has 0 aliphatic carbocycles. The van der Waals surface area contributed by atoms with E-state index in [4.69, 9.17) is 13.9 Å². The molecule has 0 spiro atoms. The van der Waals surface area contributed by atoms with E-state index in [2.05, 4.69) is 10.2 Å². The summed E-state index contributed by atoms with van der Waals surface area (Å²) in [6.45, 7) is 0. The molecule has 1 heterocycles. The Labute approximate surface area is 149 Å². The Morgan fingerprint density at radius 1 is 1.04 bits per heavy atom. The van der Waals surface area contributed by atoms with Crippen molar-refractivity contribution in [3.05, 3.63) is 54.1 Å². The van der Waals surface area contributed by atoms with Gasteiger partial charge in [0.1, 0.15) is 0 Å². The number of carbonyl (C=O) groups excluding carboxylic acids is 1. The normalized spacial score (nSPS) is 10.5. The summed E-state index contributed by atoms with van der Waals surface area (Å²) in [6, 6.07) is 14.4. The van der Waals surface area contributed by atoms with Gasteiger partial charge < -0.3 is 13.9 Å². The zero-order chi connectivity index (χ0) is 17.6. The number of carbonyl (C=O) groups is 1. The Morgan fingerprint density at radius 3 is 2.52 bits per heavy atom. The van der Waals surface area contributed by atoms with Gasteiger partial charge >= 0.3 is 0 Å². The van der Waals surface area contributed by atoms with Crippen molar-refractivity contribution < 1.29 is 18.7 Å². The van der Waals surface area contributed by atoms with Crippen molar-refractivity contribution in [2.45, 2.75) is 5.22 Å². The molecule has 0 unspecified atom stereocenters.